The summed E-state index contributed by atoms with van der Waals surface area (Å²) in [4.78, 5) is 0. The van der Waals surface area contributed by atoms with Gasteiger partial charge in [0.1, 0.15) is 0 Å². The molecular formula is C12H23NS. The molecule has 2 rings (SSSR count). The molecule has 0 amide bonds. The topological polar surface area (TPSA) is 12.0 Å². The van der Waals surface area contributed by atoms with E-state index in [0.717, 1.165) is 17.2 Å². The summed E-state index contributed by atoms with van der Waals surface area (Å²) in [6.07, 6.45) is 8.78. The molecule has 1 aliphatic carbocycles. The largest absolute Gasteiger partial charge is 0.313 e. The summed E-state index contributed by atoms with van der Waals surface area (Å²) in [5.74, 6) is 2.41. The van der Waals surface area contributed by atoms with Gasteiger partial charge >= 0.3 is 0 Å². The van der Waals surface area contributed by atoms with Gasteiger partial charge in [-0.1, -0.05) is 32.6 Å². The number of nitrogens with one attached hydrogen (secondary N) is 1. The van der Waals surface area contributed by atoms with Crippen LogP contribution in [0.4, 0.5) is 0 Å². The molecular weight excluding hydrogens is 190 g/mol. The fourth-order valence-electron chi connectivity index (χ4n) is 2.77. The van der Waals surface area contributed by atoms with Crippen molar-refractivity contribution < 1.29 is 0 Å². The SMILES string of the molecule is CC1SCCC1NCCC1CCCC1. The van der Waals surface area contributed by atoms with Gasteiger partial charge in [-0.15, -0.1) is 0 Å². The predicted molar refractivity (Wildman–Crippen MR) is 64.9 cm³/mol. The third-order valence-corrected chi connectivity index (χ3v) is 5.14. The van der Waals surface area contributed by atoms with E-state index in [1.54, 1.807) is 0 Å². The molecule has 2 aliphatic rings. The zero-order valence-corrected chi connectivity index (χ0v) is 10.1. The summed E-state index contributed by atoms with van der Waals surface area (Å²) in [5, 5.41) is 4.58. The molecule has 1 saturated heterocycles. The highest BCUT2D eigenvalue weighted by Crippen LogP contribution is 2.28. The second-order valence-corrected chi connectivity index (χ2v) is 6.35. The minimum atomic E-state index is 0.807. The minimum Gasteiger partial charge on any atom is -0.313 e. The molecule has 1 aliphatic heterocycles. The lowest BCUT2D eigenvalue weighted by atomic mass is 10.0. The minimum absolute atomic E-state index is 0.807. The Morgan fingerprint density at radius 1 is 1.21 bits per heavy atom. The fourth-order valence-corrected chi connectivity index (χ4v) is 4.00. The van der Waals surface area contributed by atoms with Gasteiger partial charge in [0.2, 0.25) is 0 Å². The van der Waals surface area contributed by atoms with Gasteiger partial charge in [-0.05, 0) is 31.1 Å². The van der Waals surface area contributed by atoms with Gasteiger partial charge in [0.15, 0.2) is 0 Å². The van der Waals surface area contributed by atoms with E-state index in [4.69, 9.17) is 0 Å². The van der Waals surface area contributed by atoms with Gasteiger partial charge in [-0.3, -0.25) is 0 Å². The normalized spacial score (nSPS) is 34.1. The van der Waals surface area contributed by atoms with E-state index in [1.165, 1.54) is 50.8 Å². The van der Waals surface area contributed by atoms with Crippen molar-refractivity contribution in [3.05, 3.63) is 0 Å². The van der Waals surface area contributed by atoms with E-state index >= 15 is 0 Å². The highest BCUT2D eigenvalue weighted by molar-refractivity contribution is 8.00. The molecule has 14 heavy (non-hydrogen) atoms. The molecule has 1 saturated carbocycles. The van der Waals surface area contributed by atoms with Crippen LogP contribution in [0.3, 0.4) is 0 Å². The highest BCUT2D eigenvalue weighted by atomic mass is 32.2. The molecule has 1 heterocycles. The molecule has 0 aromatic heterocycles. The highest BCUT2D eigenvalue weighted by Gasteiger charge is 2.23. The van der Waals surface area contributed by atoms with Crippen LogP contribution in [0.15, 0.2) is 0 Å². The van der Waals surface area contributed by atoms with E-state index in [2.05, 4.69) is 24.0 Å². The summed E-state index contributed by atoms with van der Waals surface area (Å²) in [6, 6.07) is 0.807. The van der Waals surface area contributed by atoms with Gasteiger partial charge < -0.3 is 5.32 Å². The molecule has 0 radical (unpaired) electrons. The summed E-state index contributed by atoms with van der Waals surface area (Å²) in [7, 11) is 0. The van der Waals surface area contributed by atoms with Crippen molar-refractivity contribution in [2.45, 2.75) is 56.7 Å². The van der Waals surface area contributed by atoms with Gasteiger partial charge in [-0.25, -0.2) is 0 Å². The second-order valence-electron chi connectivity index (χ2n) is 4.86. The molecule has 1 N–H and O–H groups in total. The summed E-state index contributed by atoms with van der Waals surface area (Å²) in [6.45, 7) is 3.63. The van der Waals surface area contributed by atoms with Crippen LogP contribution in [0.2, 0.25) is 0 Å². The third kappa shape index (κ3) is 2.90. The van der Waals surface area contributed by atoms with E-state index in [0.29, 0.717) is 0 Å². The van der Waals surface area contributed by atoms with Crippen LogP contribution in [-0.2, 0) is 0 Å². The van der Waals surface area contributed by atoms with Crippen molar-refractivity contribution in [3.8, 4) is 0 Å². The average molecular weight is 213 g/mol. The number of rotatable bonds is 4. The van der Waals surface area contributed by atoms with E-state index < -0.39 is 0 Å². The molecule has 82 valence electrons. The Hall–Kier alpha value is 0.310. The second kappa shape index (κ2) is 5.41. The predicted octanol–water partition coefficient (Wildman–Crippen LogP) is 3.05. The van der Waals surface area contributed by atoms with Gasteiger partial charge in [-0.2, -0.15) is 11.8 Å². The van der Waals surface area contributed by atoms with Crippen LogP contribution >= 0.6 is 11.8 Å². The van der Waals surface area contributed by atoms with Gasteiger partial charge in [0, 0.05) is 11.3 Å². The molecule has 2 atom stereocenters. The first kappa shape index (κ1) is 10.8. The Kier molecular flexibility index (Phi) is 4.18. The molecule has 1 nitrogen and oxygen atoms in total. The van der Waals surface area contributed by atoms with Crippen molar-refractivity contribution in [2.24, 2.45) is 5.92 Å². The summed E-state index contributed by atoms with van der Waals surface area (Å²) >= 11 is 2.13. The van der Waals surface area contributed by atoms with Crippen LogP contribution in [0.25, 0.3) is 0 Å². The number of thioether (sulfide) groups is 1. The maximum Gasteiger partial charge on any atom is 0.0191 e. The molecule has 0 aromatic rings. The standard InChI is InChI=1S/C12H23NS/c1-10-12(7-9-14-10)13-8-6-11-4-2-3-5-11/h10-13H,2-9H2,1H3. The Labute approximate surface area is 92.4 Å². The van der Waals surface area contributed by atoms with E-state index in [9.17, 15) is 0 Å². The van der Waals surface area contributed by atoms with Crippen molar-refractivity contribution >= 4 is 11.8 Å². The average Bonchev–Trinajstić information content (AvgIpc) is 2.78. The van der Waals surface area contributed by atoms with Crippen LogP contribution in [0.5, 0.6) is 0 Å². The quantitative estimate of drug-likeness (QED) is 0.770. The van der Waals surface area contributed by atoms with Crippen molar-refractivity contribution in [3.63, 3.8) is 0 Å². The third-order valence-electron chi connectivity index (χ3n) is 3.81. The van der Waals surface area contributed by atoms with Crippen LogP contribution in [0.1, 0.15) is 45.4 Å². The summed E-state index contributed by atoms with van der Waals surface area (Å²) in [5.41, 5.74) is 0. The van der Waals surface area contributed by atoms with Gasteiger partial charge in [0.25, 0.3) is 0 Å². The Bertz CT molecular complexity index is 166. The molecule has 0 aromatic carbocycles. The Balaban J connectivity index is 1.57. The first-order valence-corrected chi connectivity index (χ1v) is 7.26. The van der Waals surface area contributed by atoms with Crippen LogP contribution in [0, 0.1) is 5.92 Å². The van der Waals surface area contributed by atoms with Gasteiger partial charge in [0.05, 0.1) is 0 Å². The zero-order valence-electron chi connectivity index (χ0n) is 9.30. The van der Waals surface area contributed by atoms with Crippen molar-refractivity contribution in [2.75, 3.05) is 12.3 Å². The van der Waals surface area contributed by atoms with Crippen molar-refractivity contribution in [1.82, 2.24) is 5.32 Å². The number of hydrogen-bond donors (Lipinski definition) is 1. The summed E-state index contributed by atoms with van der Waals surface area (Å²) < 4.78 is 0. The molecule has 2 fully saturated rings. The Morgan fingerprint density at radius 2 is 2.00 bits per heavy atom. The fraction of sp³-hybridized carbons (Fsp3) is 1.00. The number of hydrogen-bond acceptors (Lipinski definition) is 2. The van der Waals surface area contributed by atoms with Crippen molar-refractivity contribution in [1.29, 1.82) is 0 Å². The first-order valence-electron chi connectivity index (χ1n) is 6.21. The smallest absolute Gasteiger partial charge is 0.0191 e. The lowest BCUT2D eigenvalue weighted by molar-refractivity contribution is 0.438. The molecule has 0 bridgehead atoms. The molecule has 2 heteroatoms. The van der Waals surface area contributed by atoms with E-state index in [1.807, 2.05) is 0 Å². The Morgan fingerprint density at radius 3 is 2.64 bits per heavy atom. The molecule has 0 spiro atoms. The van der Waals surface area contributed by atoms with Crippen LogP contribution < -0.4 is 5.32 Å². The molecule has 2 unspecified atom stereocenters. The maximum atomic E-state index is 3.74. The van der Waals surface area contributed by atoms with E-state index in [-0.39, 0.29) is 0 Å². The maximum absolute atomic E-state index is 3.74. The van der Waals surface area contributed by atoms with Crippen LogP contribution in [-0.4, -0.2) is 23.6 Å². The lowest BCUT2D eigenvalue weighted by Gasteiger charge is -2.17. The first-order chi connectivity index (χ1) is 6.86. The zero-order chi connectivity index (χ0) is 9.80. The lowest BCUT2D eigenvalue weighted by Crippen LogP contribution is -2.34. The monoisotopic (exact) mass is 213 g/mol.